The molecule has 40 heavy (non-hydrogen) atoms. The second-order valence-corrected chi connectivity index (χ2v) is 10.9. The van der Waals surface area contributed by atoms with Gasteiger partial charge in [0, 0.05) is 44.5 Å². The molecular formula is C33H44N4O3. The lowest BCUT2D eigenvalue weighted by Crippen LogP contribution is -2.35. The van der Waals surface area contributed by atoms with Crippen LogP contribution in [0.15, 0.2) is 95.8 Å². The highest BCUT2D eigenvalue weighted by Gasteiger charge is 2.26. The van der Waals surface area contributed by atoms with Crippen molar-refractivity contribution in [1.29, 1.82) is 0 Å². The Morgan fingerprint density at radius 3 is 2.55 bits per heavy atom. The van der Waals surface area contributed by atoms with E-state index in [1.54, 1.807) is 13.1 Å². The van der Waals surface area contributed by atoms with Gasteiger partial charge < -0.3 is 29.9 Å². The number of amides is 1. The Morgan fingerprint density at radius 2 is 1.93 bits per heavy atom. The highest BCUT2D eigenvalue weighted by Crippen LogP contribution is 2.31. The van der Waals surface area contributed by atoms with Gasteiger partial charge in [-0.25, -0.2) is 0 Å². The van der Waals surface area contributed by atoms with Crippen molar-refractivity contribution in [1.82, 2.24) is 20.4 Å². The zero-order valence-electron chi connectivity index (χ0n) is 24.6. The van der Waals surface area contributed by atoms with Crippen LogP contribution in [-0.2, 0) is 9.53 Å². The molecular weight excluding hydrogens is 500 g/mol. The third-order valence-electron chi connectivity index (χ3n) is 7.65. The summed E-state index contributed by atoms with van der Waals surface area (Å²) in [6.45, 7) is 16.7. The molecule has 1 saturated heterocycles. The monoisotopic (exact) mass is 544 g/mol. The Kier molecular flexibility index (Phi) is 9.46. The molecule has 2 unspecified atom stereocenters. The summed E-state index contributed by atoms with van der Waals surface area (Å²) >= 11 is 0. The van der Waals surface area contributed by atoms with Crippen LogP contribution >= 0.6 is 0 Å². The molecule has 2 N–H and O–H groups in total. The van der Waals surface area contributed by atoms with Crippen molar-refractivity contribution >= 4 is 5.91 Å². The zero-order chi connectivity index (χ0) is 28.8. The van der Waals surface area contributed by atoms with E-state index in [-0.39, 0.29) is 18.1 Å². The predicted octanol–water partition coefficient (Wildman–Crippen LogP) is 5.55. The number of hydrogen-bond donors (Lipinski definition) is 2. The van der Waals surface area contributed by atoms with Gasteiger partial charge >= 0.3 is 0 Å². The summed E-state index contributed by atoms with van der Waals surface area (Å²) in [6.07, 6.45) is 11.5. The summed E-state index contributed by atoms with van der Waals surface area (Å²) in [6, 6.07) is 7.84. The first-order valence-corrected chi connectivity index (χ1v) is 14.2. The summed E-state index contributed by atoms with van der Waals surface area (Å²) in [5.41, 5.74) is 4.50. The van der Waals surface area contributed by atoms with Gasteiger partial charge in [0.15, 0.2) is 0 Å². The van der Waals surface area contributed by atoms with Gasteiger partial charge in [0.05, 0.1) is 24.8 Å². The van der Waals surface area contributed by atoms with E-state index < -0.39 is 0 Å². The number of carbonyl (C=O) groups excluding carboxylic acids is 1. The Hall–Kier alpha value is -3.87. The average molecular weight is 545 g/mol. The number of nitrogens with zero attached hydrogens (tertiary/aromatic N) is 2. The highest BCUT2D eigenvalue weighted by molar-refractivity contribution is 5.97. The van der Waals surface area contributed by atoms with Crippen LogP contribution in [0.2, 0.25) is 0 Å². The molecule has 1 aliphatic carbocycles. The van der Waals surface area contributed by atoms with E-state index in [0.29, 0.717) is 11.5 Å². The average Bonchev–Trinajstić information content (AvgIpc) is 3.66. The maximum Gasteiger partial charge on any atom is 0.255 e. The Bertz CT molecular complexity index is 1240. The number of ether oxygens (including phenoxy) is 2. The van der Waals surface area contributed by atoms with Crippen molar-refractivity contribution in [2.24, 2.45) is 5.92 Å². The minimum absolute atomic E-state index is 0.101. The number of rotatable bonds is 12. The molecule has 1 amide bonds. The van der Waals surface area contributed by atoms with E-state index in [1.165, 1.54) is 12.8 Å². The largest absolute Gasteiger partial charge is 0.493 e. The fourth-order valence-corrected chi connectivity index (χ4v) is 4.90. The van der Waals surface area contributed by atoms with Crippen molar-refractivity contribution in [2.75, 3.05) is 33.8 Å². The summed E-state index contributed by atoms with van der Waals surface area (Å²) in [5, 5.41) is 6.21. The number of allylic oxidation sites excluding steroid dienone is 4. The molecule has 3 aliphatic rings. The molecule has 0 bridgehead atoms. The molecule has 2 aliphatic heterocycles. The smallest absolute Gasteiger partial charge is 0.255 e. The molecule has 1 saturated carbocycles. The molecule has 7 heteroatoms. The third-order valence-corrected chi connectivity index (χ3v) is 7.65. The molecule has 2 fully saturated rings. The fraction of sp³-hybridized carbons (Fsp3) is 0.424. The number of carbonyl (C=O) groups is 1. The van der Waals surface area contributed by atoms with Gasteiger partial charge in [-0.3, -0.25) is 4.79 Å². The Labute approximate surface area is 239 Å². The predicted molar refractivity (Wildman–Crippen MR) is 161 cm³/mol. The van der Waals surface area contributed by atoms with Crippen LogP contribution in [0.3, 0.4) is 0 Å². The van der Waals surface area contributed by atoms with Gasteiger partial charge in [0.1, 0.15) is 23.4 Å². The standard InChI is InChI=1S/C33H44N4O3/c1-8-27(19-31(22(2)3)39-21-25-10-11-25)37-18-17-29(20-37)40-28-14-12-26(13-15-28)24(5)35-33(38)30-16-9-23(4)36(7)32(30)34-6/h8-9,12-16,19,24-25,29,34H,2,4,10-11,17-18,20-21H2,1,3,5-7H3,(H,35,38)/b27-8+,31-19+. The Balaban J connectivity index is 1.32. The van der Waals surface area contributed by atoms with Crippen molar-refractivity contribution in [3.63, 3.8) is 0 Å². The number of likely N-dealkylation sites (tertiary alicyclic amines) is 1. The van der Waals surface area contributed by atoms with Gasteiger partial charge in [-0.2, -0.15) is 0 Å². The molecule has 1 aromatic carbocycles. The maximum absolute atomic E-state index is 13.0. The van der Waals surface area contributed by atoms with Crippen LogP contribution in [0.1, 0.15) is 51.6 Å². The van der Waals surface area contributed by atoms with Crippen molar-refractivity contribution in [3.05, 3.63) is 101 Å². The highest BCUT2D eigenvalue weighted by atomic mass is 16.5. The van der Waals surface area contributed by atoms with E-state index in [4.69, 9.17) is 9.47 Å². The summed E-state index contributed by atoms with van der Waals surface area (Å²) < 4.78 is 12.4. The summed E-state index contributed by atoms with van der Waals surface area (Å²) in [7, 11) is 3.69. The Morgan fingerprint density at radius 1 is 1.20 bits per heavy atom. The molecule has 2 atom stereocenters. The number of nitrogens with one attached hydrogen (secondary N) is 2. The van der Waals surface area contributed by atoms with Crippen LogP contribution in [-0.4, -0.2) is 55.6 Å². The molecule has 0 radical (unpaired) electrons. The number of hydrogen-bond acceptors (Lipinski definition) is 6. The lowest BCUT2D eigenvalue weighted by Gasteiger charge is -2.28. The first-order chi connectivity index (χ1) is 19.2. The second kappa shape index (κ2) is 13.0. The van der Waals surface area contributed by atoms with E-state index in [1.807, 2.05) is 56.1 Å². The fourth-order valence-electron chi connectivity index (χ4n) is 4.90. The van der Waals surface area contributed by atoms with Crippen LogP contribution in [0, 0.1) is 5.92 Å². The maximum atomic E-state index is 13.0. The van der Waals surface area contributed by atoms with Gasteiger partial charge in [-0.05, 0) is 75.0 Å². The molecule has 1 aromatic rings. The topological polar surface area (TPSA) is 66.1 Å². The van der Waals surface area contributed by atoms with E-state index in [9.17, 15) is 4.79 Å². The van der Waals surface area contributed by atoms with E-state index >= 15 is 0 Å². The third kappa shape index (κ3) is 7.20. The van der Waals surface area contributed by atoms with Crippen LogP contribution in [0.5, 0.6) is 5.75 Å². The molecule has 0 aromatic heterocycles. The zero-order valence-corrected chi connectivity index (χ0v) is 24.6. The summed E-state index contributed by atoms with van der Waals surface area (Å²) in [4.78, 5) is 17.2. The lowest BCUT2D eigenvalue weighted by atomic mass is 10.1. The molecule has 0 spiro atoms. The first-order valence-electron chi connectivity index (χ1n) is 14.2. The number of likely N-dealkylation sites (N-methyl/N-ethyl adjacent to an activating group) is 1. The molecule has 4 rings (SSSR count). The minimum atomic E-state index is -0.161. The van der Waals surface area contributed by atoms with Gasteiger partial charge in [0.25, 0.3) is 5.91 Å². The summed E-state index contributed by atoms with van der Waals surface area (Å²) in [5.74, 6) is 2.99. The van der Waals surface area contributed by atoms with E-state index in [0.717, 1.165) is 66.0 Å². The molecule has 214 valence electrons. The molecule has 2 heterocycles. The lowest BCUT2D eigenvalue weighted by molar-refractivity contribution is -0.118. The van der Waals surface area contributed by atoms with Gasteiger partial charge in [-0.15, -0.1) is 0 Å². The van der Waals surface area contributed by atoms with E-state index in [2.05, 4.69) is 47.8 Å². The van der Waals surface area contributed by atoms with Crippen LogP contribution in [0.4, 0.5) is 0 Å². The normalized spacial score (nSPS) is 20.5. The minimum Gasteiger partial charge on any atom is -0.493 e. The van der Waals surface area contributed by atoms with Crippen molar-refractivity contribution in [2.45, 2.75) is 52.2 Å². The van der Waals surface area contributed by atoms with Gasteiger partial charge in [-0.1, -0.05) is 31.4 Å². The quantitative estimate of drug-likeness (QED) is 0.266. The SMILES string of the molecule is C=C(C)/C(=C\C(=C/C)N1CCC(Oc2ccc(C(C)NC(=O)C3=C(NC)N(C)C(=C)C=C3)cc2)C1)OCC1CC1. The first kappa shape index (κ1) is 29.1. The van der Waals surface area contributed by atoms with Crippen LogP contribution < -0.4 is 15.4 Å². The van der Waals surface area contributed by atoms with Crippen molar-refractivity contribution in [3.8, 4) is 5.75 Å². The van der Waals surface area contributed by atoms with Gasteiger partial charge in [0.2, 0.25) is 0 Å². The van der Waals surface area contributed by atoms with Crippen LogP contribution in [0.25, 0.3) is 0 Å². The number of benzene rings is 1. The molecule has 7 nitrogen and oxygen atoms in total. The second-order valence-electron chi connectivity index (χ2n) is 10.9. The van der Waals surface area contributed by atoms with Crippen molar-refractivity contribution < 1.29 is 14.3 Å².